The molecule has 0 saturated heterocycles. The van der Waals surface area contributed by atoms with Crippen LogP contribution in [0, 0.1) is 6.92 Å². The number of pyridine rings is 1. The number of ether oxygens (including phenoxy) is 1. The minimum atomic E-state index is -0.383. The molecule has 1 aromatic carbocycles. The molecule has 0 unspecified atom stereocenters. The zero-order chi connectivity index (χ0) is 15.5. The first kappa shape index (κ1) is 14.1. The van der Waals surface area contributed by atoms with Gasteiger partial charge in [-0.1, -0.05) is 18.2 Å². The van der Waals surface area contributed by atoms with Crippen LogP contribution < -0.4 is 0 Å². The van der Waals surface area contributed by atoms with Gasteiger partial charge in [-0.25, -0.2) is 4.79 Å². The third-order valence-corrected chi connectivity index (χ3v) is 3.59. The molecular weight excluding hydrogens is 276 g/mol. The summed E-state index contributed by atoms with van der Waals surface area (Å²) in [7, 11) is 1.37. The van der Waals surface area contributed by atoms with Gasteiger partial charge in [-0.05, 0) is 31.2 Å². The Labute approximate surface area is 128 Å². The van der Waals surface area contributed by atoms with Gasteiger partial charge in [-0.15, -0.1) is 0 Å². The zero-order valence-electron chi connectivity index (χ0n) is 12.5. The van der Waals surface area contributed by atoms with Crippen molar-refractivity contribution in [3.05, 3.63) is 60.4 Å². The maximum absolute atomic E-state index is 11.4. The zero-order valence-corrected chi connectivity index (χ0v) is 12.5. The second kappa shape index (κ2) is 5.85. The fourth-order valence-electron chi connectivity index (χ4n) is 2.50. The lowest BCUT2D eigenvalue weighted by atomic mass is 10.1. The number of nitrogens with zero attached hydrogens (tertiary/aromatic N) is 2. The van der Waals surface area contributed by atoms with Gasteiger partial charge in [-0.2, -0.15) is 0 Å². The van der Waals surface area contributed by atoms with E-state index in [1.165, 1.54) is 13.2 Å². The molecule has 0 spiro atoms. The normalized spacial score (nSPS) is 11.2. The highest BCUT2D eigenvalue weighted by atomic mass is 16.5. The van der Waals surface area contributed by atoms with Gasteiger partial charge < -0.3 is 9.30 Å². The van der Waals surface area contributed by atoms with E-state index in [-0.39, 0.29) is 5.97 Å². The van der Waals surface area contributed by atoms with Crippen molar-refractivity contribution in [2.45, 2.75) is 6.92 Å². The van der Waals surface area contributed by atoms with E-state index in [1.54, 1.807) is 12.4 Å². The van der Waals surface area contributed by atoms with Crippen LogP contribution in [0.25, 0.3) is 28.4 Å². The molecule has 0 saturated carbocycles. The number of hydrogen-bond acceptors (Lipinski definition) is 3. The molecule has 2 heterocycles. The number of para-hydroxylation sites is 1. The number of rotatable bonds is 3. The van der Waals surface area contributed by atoms with Crippen molar-refractivity contribution in [3.8, 4) is 11.3 Å². The Morgan fingerprint density at radius 1 is 1.23 bits per heavy atom. The van der Waals surface area contributed by atoms with Crippen LogP contribution in [0.1, 0.15) is 5.69 Å². The van der Waals surface area contributed by atoms with Gasteiger partial charge in [0.1, 0.15) is 0 Å². The molecule has 22 heavy (non-hydrogen) atoms. The Hall–Kier alpha value is -2.88. The van der Waals surface area contributed by atoms with Crippen molar-refractivity contribution in [1.29, 1.82) is 0 Å². The average Bonchev–Trinajstić information content (AvgIpc) is 2.91. The summed E-state index contributed by atoms with van der Waals surface area (Å²) in [6.45, 7) is 1.97. The predicted molar refractivity (Wildman–Crippen MR) is 87.3 cm³/mol. The molecule has 3 aromatic rings. The summed E-state index contributed by atoms with van der Waals surface area (Å²) in [4.78, 5) is 15.8. The lowest BCUT2D eigenvalue weighted by Crippen LogP contribution is -1.97. The monoisotopic (exact) mass is 292 g/mol. The summed E-state index contributed by atoms with van der Waals surface area (Å²) in [5, 5.41) is 1.11. The van der Waals surface area contributed by atoms with E-state index in [2.05, 4.69) is 15.8 Å². The predicted octanol–water partition coefficient (Wildman–Crippen LogP) is 3.66. The second-order valence-electron chi connectivity index (χ2n) is 4.93. The van der Waals surface area contributed by atoms with E-state index in [4.69, 9.17) is 0 Å². The van der Waals surface area contributed by atoms with Gasteiger partial charge in [0.05, 0.1) is 18.3 Å². The Balaban J connectivity index is 2.23. The highest BCUT2D eigenvalue weighted by molar-refractivity contribution is 5.92. The SMILES string of the molecule is COC(=O)/C=C/n1c(-c2cccnc2C)cc2ccccc21. The number of esters is 1. The average molecular weight is 292 g/mol. The summed E-state index contributed by atoms with van der Waals surface area (Å²) in [6.07, 6.45) is 4.92. The van der Waals surface area contributed by atoms with Crippen LogP contribution in [0.4, 0.5) is 0 Å². The standard InChI is InChI=1S/C18H16N2O2/c1-13-15(7-5-10-19-13)17-12-14-6-3-4-8-16(14)20(17)11-9-18(21)22-2/h3-12H,1-2H3/b11-9+. The van der Waals surface area contributed by atoms with Crippen LogP contribution in [-0.4, -0.2) is 22.6 Å². The highest BCUT2D eigenvalue weighted by Crippen LogP contribution is 2.29. The molecule has 2 aromatic heterocycles. The molecule has 110 valence electrons. The first-order valence-corrected chi connectivity index (χ1v) is 6.99. The largest absolute Gasteiger partial charge is 0.466 e. The molecule has 0 amide bonds. The van der Waals surface area contributed by atoms with Gasteiger partial charge in [-0.3, -0.25) is 4.98 Å². The van der Waals surface area contributed by atoms with Crippen LogP contribution in [0.5, 0.6) is 0 Å². The van der Waals surface area contributed by atoms with Gasteiger partial charge in [0.15, 0.2) is 0 Å². The summed E-state index contributed by atoms with van der Waals surface area (Å²) in [5.74, 6) is -0.383. The maximum atomic E-state index is 11.4. The molecule has 0 fully saturated rings. The Morgan fingerprint density at radius 2 is 2.05 bits per heavy atom. The van der Waals surface area contributed by atoms with Gasteiger partial charge in [0, 0.05) is 35.1 Å². The molecule has 0 N–H and O–H groups in total. The topological polar surface area (TPSA) is 44.1 Å². The minimum Gasteiger partial charge on any atom is -0.466 e. The summed E-state index contributed by atoms with van der Waals surface area (Å²) >= 11 is 0. The number of benzene rings is 1. The molecule has 0 bridgehead atoms. The lowest BCUT2D eigenvalue weighted by molar-refractivity contribution is -0.134. The van der Waals surface area contributed by atoms with Crippen molar-refractivity contribution in [2.75, 3.05) is 7.11 Å². The Morgan fingerprint density at radius 3 is 2.82 bits per heavy atom. The minimum absolute atomic E-state index is 0.383. The first-order valence-electron chi connectivity index (χ1n) is 6.99. The van der Waals surface area contributed by atoms with Gasteiger partial charge in [0.25, 0.3) is 0 Å². The third-order valence-electron chi connectivity index (χ3n) is 3.59. The Bertz CT molecular complexity index is 862. The van der Waals surface area contributed by atoms with Crippen LogP contribution in [0.15, 0.2) is 54.7 Å². The summed E-state index contributed by atoms with van der Waals surface area (Å²) in [6, 6.07) is 14.1. The fourth-order valence-corrected chi connectivity index (χ4v) is 2.50. The number of methoxy groups -OCH3 is 1. The highest BCUT2D eigenvalue weighted by Gasteiger charge is 2.11. The number of hydrogen-bond donors (Lipinski definition) is 0. The summed E-state index contributed by atoms with van der Waals surface area (Å²) in [5.41, 5.74) is 4.00. The summed E-state index contributed by atoms with van der Waals surface area (Å²) < 4.78 is 6.66. The fraction of sp³-hybridized carbons (Fsp3) is 0.111. The maximum Gasteiger partial charge on any atom is 0.331 e. The van der Waals surface area contributed by atoms with Gasteiger partial charge in [0.2, 0.25) is 0 Å². The van der Waals surface area contributed by atoms with Crippen LogP contribution >= 0.6 is 0 Å². The molecule has 0 atom stereocenters. The van der Waals surface area contributed by atoms with Crippen molar-refractivity contribution in [3.63, 3.8) is 0 Å². The van der Waals surface area contributed by atoms with E-state index in [0.29, 0.717) is 0 Å². The van der Waals surface area contributed by atoms with Gasteiger partial charge >= 0.3 is 5.97 Å². The van der Waals surface area contributed by atoms with Crippen LogP contribution in [0.3, 0.4) is 0 Å². The molecule has 0 aliphatic heterocycles. The van der Waals surface area contributed by atoms with E-state index >= 15 is 0 Å². The molecule has 3 rings (SSSR count). The van der Waals surface area contributed by atoms with Crippen molar-refractivity contribution in [1.82, 2.24) is 9.55 Å². The van der Waals surface area contributed by atoms with Crippen molar-refractivity contribution < 1.29 is 9.53 Å². The van der Waals surface area contributed by atoms with Crippen molar-refractivity contribution >= 4 is 23.1 Å². The third kappa shape index (κ3) is 2.51. The lowest BCUT2D eigenvalue weighted by Gasteiger charge is -2.08. The smallest absolute Gasteiger partial charge is 0.331 e. The molecule has 0 radical (unpaired) electrons. The number of carbonyl (C=O) groups is 1. The number of carbonyl (C=O) groups excluding carboxylic acids is 1. The first-order chi connectivity index (χ1) is 10.7. The van der Waals surface area contributed by atoms with Crippen molar-refractivity contribution in [2.24, 2.45) is 0 Å². The van der Waals surface area contributed by atoms with E-state index in [9.17, 15) is 4.79 Å². The van der Waals surface area contributed by atoms with E-state index in [1.807, 2.05) is 47.9 Å². The Kier molecular flexibility index (Phi) is 3.74. The molecule has 0 aliphatic carbocycles. The molecular formula is C18H16N2O2. The number of fused-ring (bicyclic) bond motifs is 1. The van der Waals surface area contributed by atoms with E-state index in [0.717, 1.165) is 27.9 Å². The number of aromatic nitrogens is 2. The molecule has 4 nitrogen and oxygen atoms in total. The van der Waals surface area contributed by atoms with E-state index < -0.39 is 0 Å². The molecule has 4 heteroatoms. The number of aryl methyl sites for hydroxylation is 1. The molecule has 0 aliphatic rings. The quantitative estimate of drug-likeness (QED) is 0.546. The second-order valence-corrected chi connectivity index (χ2v) is 4.93. The van der Waals surface area contributed by atoms with Crippen LogP contribution in [-0.2, 0) is 9.53 Å². The van der Waals surface area contributed by atoms with Crippen LogP contribution in [0.2, 0.25) is 0 Å².